The molecule has 7 heteroatoms. The van der Waals surface area contributed by atoms with Crippen molar-refractivity contribution in [1.82, 2.24) is 5.32 Å². The number of halogens is 1. The first-order valence-electron chi connectivity index (χ1n) is 11.2. The Labute approximate surface area is 214 Å². The lowest BCUT2D eigenvalue weighted by molar-refractivity contribution is -0.117. The van der Waals surface area contributed by atoms with Gasteiger partial charge in [-0.1, -0.05) is 71.9 Å². The molecule has 0 spiro atoms. The van der Waals surface area contributed by atoms with Crippen LogP contribution in [0.3, 0.4) is 0 Å². The van der Waals surface area contributed by atoms with Gasteiger partial charge in [-0.05, 0) is 66.8 Å². The number of hydrogen-bond acceptors (Lipinski definition) is 4. The second-order valence-corrected chi connectivity index (χ2v) is 9.97. The van der Waals surface area contributed by atoms with Gasteiger partial charge in [-0.3, -0.25) is 14.5 Å². The highest BCUT2D eigenvalue weighted by Crippen LogP contribution is 2.42. The van der Waals surface area contributed by atoms with E-state index in [0.29, 0.717) is 22.2 Å². The molecule has 35 heavy (non-hydrogen) atoms. The molecule has 2 amide bonds. The molecule has 3 aromatic carbocycles. The molecule has 1 aliphatic rings. The lowest BCUT2D eigenvalue weighted by atomic mass is 10.1. The first-order valence-corrected chi connectivity index (χ1v) is 12.4. The molecule has 1 fully saturated rings. The number of amides is 2. The van der Waals surface area contributed by atoms with Gasteiger partial charge < -0.3 is 5.32 Å². The van der Waals surface area contributed by atoms with Gasteiger partial charge in [0.05, 0.1) is 5.25 Å². The minimum Gasteiger partial charge on any atom is -0.347 e. The molecular weight excluding hydrogens is 478 g/mol. The van der Waals surface area contributed by atoms with Gasteiger partial charge in [0.15, 0.2) is 0 Å². The van der Waals surface area contributed by atoms with Crippen molar-refractivity contribution >= 4 is 40.9 Å². The summed E-state index contributed by atoms with van der Waals surface area (Å²) >= 11 is 7.39. The molecule has 1 N–H and O–H groups in total. The Kier molecular flexibility index (Phi) is 7.60. The van der Waals surface area contributed by atoms with Crippen LogP contribution in [0, 0.1) is 25.2 Å². The zero-order chi connectivity index (χ0) is 24.9. The molecule has 4 rings (SSSR count). The van der Waals surface area contributed by atoms with Crippen molar-refractivity contribution in [2.24, 2.45) is 0 Å². The number of carbonyl (C=O) groups excluding carboxylic acids is 2. The summed E-state index contributed by atoms with van der Waals surface area (Å²) in [5, 5.41) is 13.2. The molecule has 0 aliphatic carbocycles. The predicted molar refractivity (Wildman–Crippen MR) is 141 cm³/mol. The minimum absolute atomic E-state index is 0.0777. The van der Waals surface area contributed by atoms with Crippen LogP contribution in [0.4, 0.5) is 5.69 Å². The van der Waals surface area contributed by atoms with Crippen LogP contribution in [-0.4, -0.2) is 17.1 Å². The maximum Gasteiger partial charge on any atom is 0.264 e. The van der Waals surface area contributed by atoms with Crippen LogP contribution >= 0.6 is 23.4 Å². The normalized spacial score (nSPS) is 16.7. The topological polar surface area (TPSA) is 73.2 Å². The Morgan fingerprint density at radius 2 is 1.77 bits per heavy atom. The molecule has 1 saturated heterocycles. The highest BCUT2D eigenvalue weighted by Gasteiger charge is 2.40. The molecule has 1 heterocycles. The molecule has 176 valence electrons. The van der Waals surface area contributed by atoms with E-state index in [2.05, 4.69) is 11.4 Å². The van der Waals surface area contributed by atoms with E-state index in [1.165, 1.54) is 16.7 Å². The molecule has 1 aliphatic heterocycles. The van der Waals surface area contributed by atoms with Gasteiger partial charge in [-0.15, -0.1) is 0 Å². The molecule has 1 unspecified atom stereocenters. The Bertz CT molecular complexity index is 1350. The molecular formula is C28H24ClN3O2S. The minimum atomic E-state index is -0.510. The molecule has 0 bridgehead atoms. The SMILES string of the molecule is Cc1ccc(N2C(=O)C(Cc3cccc(Cl)c3)S/C2=C(/C#N)C(=O)NCc2ccccc2)cc1C. The van der Waals surface area contributed by atoms with E-state index < -0.39 is 11.2 Å². The fourth-order valence-corrected chi connectivity index (χ4v) is 5.35. The second kappa shape index (κ2) is 10.8. The van der Waals surface area contributed by atoms with E-state index in [-0.39, 0.29) is 18.0 Å². The first-order chi connectivity index (χ1) is 16.9. The van der Waals surface area contributed by atoms with Crippen molar-refractivity contribution in [3.63, 3.8) is 0 Å². The predicted octanol–water partition coefficient (Wildman–Crippen LogP) is 5.70. The second-order valence-electron chi connectivity index (χ2n) is 8.34. The Morgan fingerprint density at radius 3 is 2.46 bits per heavy atom. The highest BCUT2D eigenvalue weighted by atomic mass is 35.5. The van der Waals surface area contributed by atoms with E-state index in [9.17, 15) is 14.9 Å². The van der Waals surface area contributed by atoms with Crippen LogP contribution in [0.2, 0.25) is 5.02 Å². The average Bonchev–Trinajstić information content (AvgIpc) is 3.16. The van der Waals surface area contributed by atoms with E-state index in [0.717, 1.165) is 22.3 Å². The zero-order valence-corrected chi connectivity index (χ0v) is 21.0. The Balaban J connectivity index is 1.70. The van der Waals surface area contributed by atoms with E-state index in [1.54, 1.807) is 6.07 Å². The van der Waals surface area contributed by atoms with Crippen molar-refractivity contribution in [3.05, 3.63) is 111 Å². The van der Waals surface area contributed by atoms with Crippen LogP contribution < -0.4 is 10.2 Å². The van der Waals surface area contributed by atoms with Gasteiger partial charge in [-0.25, -0.2) is 0 Å². The van der Waals surface area contributed by atoms with Crippen LogP contribution in [-0.2, 0) is 22.6 Å². The highest BCUT2D eigenvalue weighted by molar-refractivity contribution is 8.05. The fourth-order valence-electron chi connectivity index (χ4n) is 3.83. The van der Waals surface area contributed by atoms with Crippen LogP contribution in [0.1, 0.15) is 22.3 Å². The van der Waals surface area contributed by atoms with Gasteiger partial charge in [0.1, 0.15) is 16.7 Å². The van der Waals surface area contributed by atoms with Crippen molar-refractivity contribution < 1.29 is 9.59 Å². The summed E-state index contributed by atoms with van der Waals surface area (Å²) in [7, 11) is 0. The smallest absolute Gasteiger partial charge is 0.264 e. The van der Waals surface area contributed by atoms with Crippen LogP contribution in [0.5, 0.6) is 0 Å². The lowest BCUT2D eigenvalue weighted by Gasteiger charge is -2.20. The number of rotatable bonds is 6. The number of benzene rings is 3. The number of nitrogens with one attached hydrogen (secondary N) is 1. The lowest BCUT2D eigenvalue weighted by Crippen LogP contribution is -2.32. The Morgan fingerprint density at radius 1 is 1.03 bits per heavy atom. The van der Waals surface area contributed by atoms with Crippen LogP contribution in [0.25, 0.3) is 0 Å². The number of hydrogen-bond donors (Lipinski definition) is 1. The largest absolute Gasteiger partial charge is 0.347 e. The molecule has 0 aromatic heterocycles. The van der Waals surface area contributed by atoms with Crippen molar-refractivity contribution in [2.45, 2.75) is 32.1 Å². The third kappa shape index (κ3) is 5.59. The van der Waals surface area contributed by atoms with E-state index in [1.807, 2.05) is 80.6 Å². The number of carbonyl (C=O) groups is 2. The molecule has 1 atom stereocenters. The number of nitrogens with zero attached hydrogens (tertiary/aromatic N) is 2. The average molecular weight is 502 g/mol. The monoisotopic (exact) mass is 501 g/mol. The standard InChI is InChI=1S/C28H24ClN3O2S/c1-18-11-12-23(13-19(18)2)32-27(34)25(15-21-9-6-10-22(29)14-21)35-28(32)24(16-30)26(33)31-17-20-7-4-3-5-8-20/h3-14,25H,15,17H2,1-2H3,(H,31,33)/b28-24-. The maximum atomic E-state index is 13.6. The summed E-state index contributed by atoms with van der Waals surface area (Å²) in [5.41, 5.74) is 4.50. The van der Waals surface area contributed by atoms with Gasteiger partial charge in [0.2, 0.25) is 5.91 Å². The summed E-state index contributed by atoms with van der Waals surface area (Å²) in [6.45, 7) is 4.25. The molecule has 0 radical (unpaired) electrons. The van der Waals surface area contributed by atoms with Gasteiger partial charge in [0.25, 0.3) is 5.91 Å². The van der Waals surface area contributed by atoms with Gasteiger partial charge in [0, 0.05) is 17.3 Å². The number of anilines is 1. The van der Waals surface area contributed by atoms with Crippen molar-refractivity contribution in [1.29, 1.82) is 5.26 Å². The summed E-state index contributed by atoms with van der Waals surface area (Å²) in [6.07, 6.45) is 0.430. The third-order valence-corrected chi connectivity index (χ3v) is 7.36. The van der Waals surface area contributed by atoms with E-state index in [4.69, 9.17) is 11.6 Å². The summed E-state index contributed by atoms with van der Waals surface area (Å²) in [5.74, 6) is -0.680. The fraction of sp³-hybridized carbons (Fsp3) is 0.179. The number of aryl methyl sites for hydroxylation is 2. The molecule has 3 aromatic rings. The van der Waals surface area contributed by atoms with Crippen molar-refractivity contribution in [2.75, 3.05) is 4.90 Å². The van der Waals surface area contributed by atoms with Gasteiger partial charge in [-0.2, -0.15) is 5.26 Å². The number of nitriles is 1. The molecule has 0 saturated carbocycles. The van der Waals surface area contributed by atoms with E-state index >= 15 is 0 Å². The maximum absolute atomic E-state index is 13.6. The Hall–Kier alpha value is -3.53. The quantitative estimate of drug-likeness (QED) is 0.347. The summed E-state index contributed by atoms with van der Waals surface area (Å²) < 4.78 is 0. The van der Waals surface area contributed by atoms with Gasteiger partial charge >= 0.3 is 0 Å². The number of thioether (sulfide) groups is 1. The molecule has 5 nitrogen and oxygen atoms in total. The third-order valence-electron chi connectivity index (χ3n) is 5.86. The van der Waals surface area contributed by atoms with Crippen molar-refractivity contribution in [3.8, 4) is 6.07 Å². The van der Waals surface area contributed by atoms with Crippen LogP contribution in [0.15, 0.2) is 83.4 Å². The zero-order valence-electron chi connectivity index (χ0n) is 19.4. The first kappa shape index (κ1) is 24.6. The summed E-state index contributed by atoms with van der Waals surface area (Å²) in [4.78, 5) is 28.2. The summed E-state index contributed by atoms with van der Waals surface area (Å²) in [6, 6.07) is 24.6.